The van der Waals surface area contributed by atoms with E-state index in [9.17, 15) is 14.4 Å². The van der Waals surface area contributed by atoms with Crippen molar-refractivity contribution in [1.82, 2.24) is 10.9 Å². The lowest BCUT2D eigenvalue weighted by atomic mass is 10.2. The van der Waals surface area contributed by atoms with E-state index in [2.05, 4.69) is 10.9 Å². The molecule has 8 heteroatoms. The summed E-state index contributed by atoms with van der Waals surface area (Å²) in [4.78, 5) is 35.0. The first-order valence-corrected chi connectivity index (χ1v) is 8.65. The number of ether oxygens (including phenoxy) is 3. The number of esters is 1. The maximum absolute atomic E-state index is 11.7. The summed E-state index contributed by atoms with van der Waals surface area (Å²) in [6.45, 7) is 3.38. The first-order chi connectivity index (χ1) is 13.5. The topological polar surface area (TPSA) is 103 Å². The summed E-state index contributed by atoms with van der Waals surface area (Å²) in [6, 6.07) is 13.4. The lowest BCUT2D eigenvalue weighted by Crippen LogP contribution is -2.45. The number of rotatable bonds is 8. The number of nitrogens with one attached hydrogen (secondary N) is 2. The highest BCUT2D eigenvalue weighted by Crippen LogP contribution is 2.13. The molecule has 0 aliphatic heterocycles. The van der Waals surface area contributed by atoms with Crippen molar-refractivity contribution in [2.45, 2.75) is 13.8 Å². The molecule has 0 bridgehead atoms. The molecule has 2 aromatic rings. The summed E-state index contributed by atoms with van der Waals surface area (Å²) in [6.07, 6.45) is 0. The van der Waals surface area contributed by atoms with E-state index < -0.39 is 17.8 Å². The predicted octanol–water partition coefficient (Wildman–Crippen LogP) is 1.78. The van der Waals surface area contributed by atoms with Crippen molar-refractivity contribution in [2.24, 2.45) is 0 Å². The molecule has 0 spiro atoms. The van der Waals surface area contributed by atoms with Crippen molar-refractivity contribution in [1.29, 1.82) is 0 Å². The van der Waals surface area contributed by atoms with Gasteiger partial charge < -0.3 is 14.2 Å². The minimum Gasteiger partial charge on any atom is -0.484 e. The van der Waals surface area contributed by atoms with Gasteiger partial charge in [-0.15, -0.1) is 0 Å². The molecule has 0 aliphatic carbocycles. The average molecular weight is 386 g/mol. The highest BCUT2D eigenvalue weighted by molar-refractivity contribution is 5.89. The summed E-state index contributed by atoms with van der Waals surface area (Å²) in [5, 5.41) is 0. The van der Waals surface area contributed by atoms with Gasteiger partial charge in [-0.2, -0.15) is 0 Å². The number of hydrazine groups is 1. The third-order valence-electron chi connectivity index (χ3n) is 3.44. The van der Waals surface area contributed by atoms with Crippen LogP contribution in [0.25, 0.3) is 0 Å². The van der Waals surface area contributed by atoms with Crippen molar-refractivity contribution in [3.8, 4) is 11.5 Å². The smallest absolute Gasteiger partial charge is 0.338 e. The Labute approximate surface area is 162 Å². The monoisotopic (exact) mass is 386 g/mol. The van der Waals surface area contributed by atoms with Crippen LogP contribution in [0.5, 0.6) is 11.5 Å². The molecular weight excluding hydrogens is 364 g/mol. The molecule has 2 rings (SSSR count). The predicted molar refractivity (Wildman–Crippen MR) is 101 cm³/mol. The molecule has 28 heavy (non-hydrogen) atoms. The van der Waals surface area contributed by atoms with E-state index in [0.29, 0.717) is 23.7 Å². The third-order valence-corrected chi connectivity index (χ3v) is 3.44. The summed E-state index contributed by atoms with van der Waals surface area (Å²) < 4.78 is 15.5. The van der Waals surface area contributed by atoms with Gasteiger partial charge in [-0.3, -0.25) is 20.4 Å². The van der Waals surface area contributed by atoms with Crippen LogP contribution in [0.15, 0.2) is 48.5 Å². The normalized spacial score (nSPS) is 9.93. The van der Waals surface area contributed by atoms with Crippen LogP contribution in [0.2, 0.25) is 0 Å². The number of hydrogen-bond acceptors (Lipinski definition) is 6. The van der Waals surface area contributed by atoms with Crippen molar-refractivity contribution in [3.63, 3.8) is 0 Å². The van der Waals surface area contributed by atoms with Crippen molar-refractivity contribution >= 4 is 17.8 Å². The molecule has 0 fully saturated rings. The number of benzene rings is 2. The van der Waals surface area contributed by atoms with Crippen molar-refractivity contribution in [3.05, 3.63) is 59.7 Å². The Morgan fingerprint density at radius 3 is 2.04 bits per heavy atom. The third kappa shape index (κ3) is 6.99. The Kier molecular flexibility index (Phi) is 7.83. The fourth-order valence-electron chi connectivity index (χ4n) is 2.12. The molecule has 0 aliphatic rings. The van der Waals surface area contributed by atoms with Crippen LogP contribution in [0, 0.1) is 6.92 Å². The summed E-state index contributed by atoms with van der Waals surface area (Å²) >= 11 is 0. The minimum atomic E-state index is -0.543. The molecule has 0 heterocycles. The SMILES string of the molecule is CCOC(=O)c1ccc(OCC(=O)NNC(=O)COc2cccc(C)c2)cc1. The summed E-state index contributed by atoms with van der Waals surface area (Å²) in [7, 11) is 0. The fourth-order valence-corrected chi connectivity index (χ4v) is 2.12. The zero-order chi connectivity index (χ0) is 20.4. The molecule has 0 atom stereocenters. The molecule has 2 aromatic carbocycles. The van der Waals surface area contributed by atoms with Gasteiger partial charge in [0.1, 0.15) is 11.5 Å². The van der Waals surface area contributed by atoms with Crippen molar-refractivity contribution < 1.29 is 28.6 Å². The van der Waals surface area contributed by atoms with Gasteiger partial charge >= 0.3 is 5.97 Å². The zero-order valence-corrected chi connectivity index (χ0v) is 15.7. The first-order valence-electron chi connectivity index (χ1n) is 8.65. The number of aryl methyl sites for hydroxylation is 1. The molecule has 2 N–H and O–H groups in total. The average Bonchev–Trinajstić information content (AvgIpc) is 2.69. The Hall–Kier alpha value is -3.55. The highest BCUT2D eigenvalue weighted by Gasteiger charge is 2.08. The second-order valence-electron chi connectivity index (χ2n) is 5.74. The molecule has 0 radical (unpaired) electrons. The summed E-state index contributed by atoms with van der Waals surface area (Å²) in [5.41, 5.74) is 5.87. The van der Waals surface area contributed by atoms with E-state index in [1.54, 1.807) is 31.2 Å². The number of amides is 2. The van der Waals surface area contributed by atoms with Crippen LogP contribution in [-0.4, -0.2) is 37.6 Å². The van der Waals surface area contributed by atoms with Crippen LogP contribution in [0.1, 0.15) is 22.8 Å². The van der Waals surface area contributed by atoms with Gasteiger partial charge in [0.2, 0.25) is 0 Å². The quantitative estimate of drug-likeness (QED) is 0.530. The molecule has 0 aromatic heterocycles. The van der Waals surface area contributed by atoms with Crippen LogP contribution >= 0.6 is 0 Å². The van der Waals surface area contributed by atoms with Gasteiger partial charge in [-0.1, -0.05) is 12.1 Å². The first kappa shape index (κ1) is 20.8. The van der Waals surface area contributed by atoms with E-state index in [1.807, 2.05) is 19.1 Å². The Morgan fingerprint density at radius 1 is 0.857 bits per heavy atom. The molecule has 148 valence electrons. The fraction of sp³-hybridized carbons (Fsp3) is 0.250. The van der Waals surface area contributed by atoms with E-state index in [4.69, 9.17) is 14.2 Å². The standard InChI is InChI=1S/C20H22N2O6/c1-3-26-20(25)15-7-9-16(10-8-15)27-12-18(23)21-22-19(24)13-28-17-6-4-5-14(2)11-17/h4-11H,3,12-13H2,1-2H3,(H,21,23)(H,22,24). The number of carbonyl (C=O) groups is 3. The highest BCUT2D eigenvalue weighted by atomic mass is 16.5. The largest absolute Gasteiger partial charge is 0.484 e. The maximum Gasteiger partial charge on any atom is 0.338 e. The van der Waals surface area contributed by atoms with Crippen LogP contribution in [-0.2, 0) is 14.3 Å². The zero-order valence-electron chi connectivity index (χ0n) is 15.7. The lowest BCUT2D eigenvalue weighted by molar-refractivity contribution is -0.131. The Bertz CT molecular complexity index is 820. The van der Waals surface area contributed by atoms with Gasteiger partial charge in [-0.25, -0.2) is 4.79 Å². The van der Waals surface area contributed by atoms with Crippen LogP contribution in [0.4, 0.5) is 0 Å². The van der Waals surface area contributed by atoms with Crippen LogP contribution < -0.4 is 20.3 Å². The van der Waals surface area contributed by atoms with E-state index in [0.717, 1.165) is 5.56 Å². The van der Waals surface area contributed by atoms with Gasteiger partial charge in [0.15, 0.2) is 13.2 Å². The number of hydrogen-bond donors (Lipinski definition) is 2. The molecule has 2 amide bonds. The lowest BCUT2D eigenvalue weighted by Gasteiger charge is -2.10. The van der Waals surface area contributed by atoms with Crippen LogP contribution in [0.3, 0.4) is 0 Å². The van der Waals surface area contributed by atoms with Gasteiger partial charge in [-0.05, 0) is 55.8 Å². The van der Waals surface area contributed by atoms with Gasteiger partial charge in [0, 0.05) is 0 Å². The van der Waals surface area contributed by atoms with Gasteiger partial charge in [0.25, 0.3) is 11.8 Å². The van der Waals surface area contributed by atoms with Crippen molar-refractivity contribution in [2.75, 3.05) is 19.8 Å². The molecule has 8 nitrogen and oxygen atoms in total. The Morgan fingerprint density at radius 2 is 1.46 bits per heavy atom. The molecule has 0 saturated carbocycles. The molecular formula is C20H22N2O6. The number of carbonyl (C=O) groups excluding carboxylic acids is 3. The minimum absolute atomic E-state index is 0.236. The summed E-state index contributed by atoms with van der Waals surface area (Å²) in [5.74, 6) is -0.511. The second kappa shape index (κ2) is 10.6. The Balaban J connectivity index is 1.68. The van der Waals surface area contributed by atoms with E-state index in [1.165, 1.54) is 12.1 Å². The van der Waals surface area contributed by atoms with E-state index >= 15 is 0 Å². The van der Waals surface area contributed by atoms with E-state index in [-0.39, 0.29) is 13.2 Å². The molecule has 0 unspecified atom stereocenters. The molecule has 0 saturated heterocycles. The second-order valence-corrected chi connectivity index (χ2v) is 5.74. The maximum atomic E-state index is 11.7. The van der Waals surface area contributed by atoms with Gasteiger partial charge in [0.05, 0.1) is 12.2 Å².